The lowest BCUT2D eigenvalue weighted by molar-refractivity contribution is -0.139. The number of nitrogens with zero attached hydrogens (tertiary/aromatic N) is 2. The van der Waals surface area contributed by atoms with Crippen LogP contribution in [0.2, 0.25) is 0 Å². The molecule has 0 saturated heterocycles. The lowest BCUT2D eigenvalue weighted by atomic mass is 10.0. The molecule has 0 radical (unpaired) electrons. The van der Waals surface area contributed by atoms with E-state index < -0.39 is 46.1 Å². The Labute approximate surface area is 209 Å². The van der Waals surface area contributed by atoms with Crippen molar-refractivity contribution in [3.05, 3.63) is 102 Å². The van der Waals surface area contributed by atoms with E-state index in [0.29, 0.717) is 0 Å². The second-order valence-corrected chi connectivity index (χ2v) is 10.1. The number of anilines is 1. The molecule has 0 bridgehead atoms. The Morgan fingerprint density at radius 3 is 2.22 bits per heavy atom. The molecule has 7 nitrogen and oxygen atoms in total. The molecular weight excluding hydrogens is 488 g/mol. The number of carbonyl (C=O) groups is 2. The summed E-state index contributed by atoms with van der Waals surface area (Å²) in [4.78, 5) is 27.8. The van der Waals surface area contributed by atoms with Gasteiger partial charge in [0.15, 0.2) is 0 Å². The Bertz CT molecular complexity index is 1320. The summed E-state index contributed by atoms with van der Waals surface area (Å²) in [6.45, 7) is -0.990. The van der Waals surface area contributed by atoms with Crippen LogP contribution in [-0.4, -0.2) is 51.0 Å². The summed E-state index contributed by atoms with van der Waals surface area (Å²) in [6, 6.07) is 18.5. The molecule has 3 aromatic rings. The maximum Gasteiger partial charge on any atom is 0.244 e. The first-order valence-corrected chi connectivity index (χ1v) is 13.0. The summed E-state index contributed by atoms with van der Waals surface area (Å²) in [5, 5.41) is 2.54. The lowest BCUT2D eigenvalue weighted by Gasteiger charge is -2.33. The van der Waals surface area contributed by atoms with E-state index in [1.54, 1.807) is 30.3 Å². The molecule has 190 valence electrons. The molecule has 0 aliphatic heterocycles. The minimum Gasteiger partial charge on any atom is -0.357 e. The molecule has 0 unspecified atom stereocenters. The van der Waals surface area contributed by atoms with E-state index in [-0.39, 0.29) is 24.2 Å². The summed E-state index contributed by atoms with van der Waals surface area (Å²) < 4.78 is 54.3. The van der Waals surface area contributed by atoms with Gasteiger partial charge >= 0.3 is 0 Å². The van der Waals surface area contributed by atoms with Gasteiger partial charge in [0.05, 0.1) is 11.9 Å². The van der Waals surface area contributed by atoms with Gasteiger partial charge in [0.2, 0.25) is 21.8 Å². The number of halogens is 2. The van der Waals surface area contributed by atoms with Crippen molar-refractivity contribution in [2.24, 2.45) is 0 Å². The smallest absolute Gasteiger partial charge is 0.244 e. The van der Waals surface area contributed by atoms with Gasteiger partial charge in [0.1, 0.15) is 24.2 Å². The van der Waals surface area contributed by atoms with Crippen LogP contribution in [0, 0.1) is 11.6 Å². The maximum absolute atomic E-state index is 14.6. The van der Waals surface area contributed by atoms with Crippen molar-refractivity contribution < 1.29 is 26.8 Å². The fourth-order valence-electron chi connectivity index (χ4n) is 3.78. The number of rotatable bonds is 10. The molecule has 0 saturated carbocycles. The van der Waals surface area contributed by atoms with Crippen LogP contribution in [0.4, 0.5) is 14.5 Å². The van der Waals surface area contributed by atoms with E-state index in [9.17, 15) is 26.8 Å². The third-order valence-corrected chi connectivity index (χ3v) is 6.73. The zero-order chi connectivity index (χ0) is 26.3. The first-order chi connectivity index (χ1) is 17.1. The highest BCUT2D eigenvalue weighted by Gasteiger charge is 2.33. The summed E-state index contributed by atoms with van der Waals surface area (Å²) >= 11 is 0. The summed E-state index contributed by atoms with van der Waals surface area (Å²) in [5.74, 6) is -2.50. The monoisotopic (exact) mass is 515 g/mol. The van der Waals surface area contributed by atoms with Crippen LogP contribution in [0.25, 0.3) is 0 Å². The second-order valence-electron chi connectivity index (χ2n) is 8.18. The first-order valence-electron chi connectivity index (χ1n) is 11.1. The standard InChI is InChI=1S/C26H27F2N3O4S/c1-29-26(33)24(15-19-9-4-3-5-10-19)30(17-20-11-6-7-14-23(20)28)25(32)18-31(36(2,34)35)22-13-8-12-21(27)16-22/h3-14,16,24H,15,17-18H2,1-2H3,(H,29,33)/t24-/m0/s1. The Morgan fingerprint density at radius 2 is 1.61 bits per heavy atom. The number of benzene rings is 3. The van der Waals surface area contributed by atoms with Crippen molar-refractivity contribution >= 4 is 27.5 Å². The van der Waals surface area contributed by atoms with Gasteiger partial charge in [-0.3, -0.25) is 13.9 Å². The highest BCUT2D eigenvalue weighted by Crippen LogP contribution is 2.21. The van der Waals surface area contributed by atoms with Crippen LogP contribution in [0.15, 0.2) is 78.9 Å². The molecule has 10 heteroatoms. The third kappa shape index (κ3) is 6.88. The first kappa shape index (κ1) is 26.8. The van der Waals surface area contributed by atoms with Crippen LogP contribution in [0.3, 0.4) is 0 Å². The Balaban J connectivity index is 2.04. The molecule has 0 aliphatic rings. The number of sulfonamides is 1. The van der Waals surface area contributed by atoms with Crippen LogP contribution in [0.1, 0.15) is 11.1 Å². The second kappa shape index (κ2) is 11.8. The molecule has 2 amide bonds. The van der Waals surface area contributed by atoms with Crippen molar-refractivity contribution in [3.8, 4) is 0 Å². The van der Waals surface area contributed by atoms with Gasteiger partial charge in [-0.05, 0) is 29.8 Å². The van der Waals surface area contributed by atoms with Crippen molar-refractivity contribution in [1.82, 2.24) is 10.2 Å². The Hall–Kier alpha value is -3.79. The highest BCUT2D eigenvalue weighted by atomic mass is 32.2. The SMILES string of the molecule is CNC(=O)[C@H](Cc1ccccc1)N(Cc1ccccc1F)C(=O)CN(c1cccc(F)c1)S(C)(=O)=O. The van der Waals surface area contributed by atoms with E-state index >= 15 is 0 Å². The summed E-state index contributed by atoms with van der Waals surface area (Å²) in [5.41, 5.74) is 0.864. The van der Waals surface area contributed by atoms with Gasteiger partial charge in [-0.25, -0.2) is 17.2 Å². The fraction of sp³-hybridized carbons (Fsp3) is 0.231. The van der Waals surface area contributed by atoms with E-state index in [1.165, 1.54) is 37.4 Å². The zero-order valence-corrected chi connectivity index (χ0v) is 20.7. The Morgan fingerprint density at radius 1 is 0.944 bits per heavy atom. The van der Waals surface area contributed by atoms with Crippen LogP contribution < -0.4 is 9.62 Å². The average Bonchev–Trinajstić information content (AvgIpc) is 2.85. The largest absolute Gasteiger partial charge is 0.357 e. The van der Waals surface area contributed by atoms with E-state index in [2.05, 4.69) is 5.32 Å². The fourth-order valence-corrected chi connectivity index (χ4v) is 4.62. The van der Waals surface area contributed by atoms with Gasteiger partial charge in [-0.1, -0.05) is 54.6 Å². The Kier molecular flexibility index (Phi) is 8.76. The van der Waals surface area contributed by atoms with Crippen LogP contribution in [0.5, 0.6) is 0 Å². The van der Waals surface area contributed by atoms with Gasteiger partial charge in [0, 0.05) is 25.6 Å². The van der Waals surface area contributed by atoms with E-state index in [0.717, 1.165) is 33.2 Å². The molecule has 1 N–H and O–H groups in total. The van der Waals surface area contributed by atoms with Gasteiger partial charge in [0.25, 0.3) is 0 Å². The summed E-state index contributed by atoms with van der Waals surface area (Å²) in [7, 11) is -2.59. The maximum atomic E-state index is 14.6. The molecule has 0 spiro atoms. The number of likely N-dealkylation sites (N-methyl/N-ethyl adjacent to an activating group) is 1. The number of amides is 2. The van der Waals surface area contributed by atoms with Gasteiger partial charge < -0.3 is 10.2 Å². The highest BCUT2D eigenvalue weighted by molar-refractivity contribution is 7.92. The molecule has 0 heterocycles. The summed E-state index contributed by atoms with van der Waals surface area (Å²) in [6.07, 6.45) is 1.01. The molecule has 3 aromatic carbocycles. The van der Waals surface area contributed by atoms with E-state index in [4.69, 9.17) is 0 Å². The molecule has 36 heavy (non-hydrogen) atoms. The molecule has 3 rings (SSSR count). The topological polar surface area (TPSA) is 86.8 Å². The van der Waals surface area contributed by atoms with Crippen molar-refractivity contribution in [2.75, 3.05) is 24.2 Å². The average molecular weight is 516 g/mol. The predicted molar refractivity (Wildman–Crippen MR) is 134 cm³/mol. The molecule has 1 atom stereocenters. The van der Waals surface area contributed by atoms with E-state index in [1.807, 2.05) is 6.07 Å². The minimum atomic E-state index is -4.01. The van der Waals surface area contributed by atoms with Crippen molar-refractivity contribution in [1.29, 1.82) is 0 Å². The minimum absolute atomic E-state index is 0.0451. The normalized spacial score (nSPS) is 12.0. The van der Waals surface area contributed by atoms with Crippen LogP contribution >= 0.6 is 0 Å². The third-order valence-electron chi connectivity index (χ3n) is 5.59. The predicted octanol–water partition coefficient (Wildman–Crippen LogP) is 3.12. The zero-order valence-electron chi connectivity index (χ0n) is 19.9. The number of hydrogen-bond donors (Lipinski definition) is 1. The molecule has 0 aliphatic carbocycles. The molecule has 0 aromatic heterocycles. The molecule has 0 fully saturated rings. The van der Waals surface area contributed by atoms with Crippen LogP contribution in [-0.2, 0) is 32.6 Å². The molecular formula is C26H27F2N3O4S. The number of hydrogen-bond acceptors (Lipinski definition) is 4. The number of carbonyl (C=O) groups excluding carboxylic acids is 2. The lowest BCUT2D eigenvalue weighted by Crippen LogP contribution is -2.53. The van der Waals surface area contributed by atoms with Gasteiger partial charge in [-0.15, -0.1) is 0 Å². The van der Waals surface area contributed by atoms with Crippen molar-refractivity contribution in [3.63, 3.8) is 0 Å². The van der Waals surface area contributed by atoms with Gasteiger partial charge in [-0.2, -0.15) is 0 Å². The quantitative estimate of drug-likeness (QED) is 0.450. The van der Waals surface area contributed by atoms with Crippen molar-refractivity contribution in [2.45, 2.75) is 19.0 Å². The number of nitrogens with one attached hydrogen (secondary N) is 1.